The fourth-order valence-electron chi connectivity index (χ4n) is 2.44. The Morgan fingerprint density at radius 1 is 1.15 bits per heavy atom. The van der Waals surface area contributed by atoms with E-state index >= 15 is 0 Å². The first kappa shape index (κ1) is 17.2. The van der Waals surface area contributed by atoms with Crippen molar-refractivity contribution in [2.75, 3.05) is 6.26 Å². The van der Waals surface area contributed by atoms with Gasteiger partial charge in [0, 0.05) is 12.3 Å². The Morgan fingerprint density at radius 2 is 1.75 bits per heavy atom. The molecule has 3 nitrogen and oxygen atoms in total. The zero-order valence-electron chi connectivity index (χ0n) is 12.8. The lowest BCUT2D eigenvalue weighted by Gasteiger charge is -2.20. The first-order valence-corrected chi connectivity index (χ1v) is 9.33. The number of rotatable bonds is 8. The molecule has 2 N–H and O–H groups in total. The topological polar surface area (TPSA) is 60.2 Å². The largest absolute Gasteiger partial charge is 0.324 e. The Hall–Kier alpha value is -0.870. The van der Waals surface area contributed by atoms with E-state index in [4.69, 9.17) is 5.73 Å². The monoisotopic (exact) mass is 297 g/mol. The molecule has 0 saturated carbocycles. The van der Waals surface area contributed by atoms with Crippen molar-refractivity contribution < 1.29 is 8.42 Å². The van der Waals surface area contributed by atoms with Crippen LogP contribution in [-0.4, -0.2) is 14.7 Å². The highest BCUT2D eigenvalue weighted by molar-refractivity contribution is 7.90. The molecule has 2 atom stereocenters. The smallest absolute Gasteiger partial charge is 0.175 e. The quantitative estimate of drug-likeness (QED) is 0.796. The van der Waals surface area contributed by atoms with Crippen molar-refractivity contribution in [3.63, 3.8) is 0 Å². The fourth-order valence-corrected chi connectivity index (χ4v) is 3.07. The van der Waals surface area contributed by atoms with Crippen LogP contribution in [0.1, 0.15) is 57.6 Å². The summed E-state index contributed by atoms with van der Waals surface area (Å²) in [6, 6.07) is 6.97. The van der Waals surface area contributed by atoms with Gasteiger partial charge in [0.05, 0.1) is 4.90 Å². The molecular formula is C16H27NO2S. The number of hydrogen-bond acceptors (Lipinski definition) is 3. The third-order valence-electron chi connectivity index (χ3n) is 3.87. The van der Waals surface area contributed by atoms with Gasteiger partial charge >= 0.3 is 0 Å². The highest BCUT2D eigenvalue weighted by Gasteiger charge is 2.14. The third kappa shape index (κ3) is 5.25. The van der Waals surface area contributed by atoms with E-state index in [0.29, 0.717) is 10.8 Å². The average molecular weight is 297 g/mol. The number of unbranched alkanes of at least 4 members (excludes halogenated alkanes) is 1. The molecule has 0 saturated heterocycles. The normalized spacial score (nSPS) is 15.0. The van der Waals surface area contributed by atoms with Crippen molar-refractivity contribution in [3.05, 3.63) is 29.8 Å². The SMILES string of the molecule is CCCCC(CC)CC(N)c1ccc(S(C)(=O)=O)cc1. The molecule has 2 unspecified atom stereocenters. The van der Waals surface area contributed by atoms with Gasteiger partial charge < -0.3 is 5.73 Å². The van der Waals surface area contributed by atoms with E-state index in [-0.39, 0.29) is 6.04 Å². The second-order valence-corrected chi connectivity index (χ2v) is 7.62. The van der Waals surface area contributed by atoms with Gasteiger partial charge in [0.1, 0.15) is 0 Å². The van der Waals surface area contributed by atoms with Crippen LogP contribution in [-0.2, 0) is 9.84 Å². The lowest BCUT2D eigenvalue weighted by atomic mass is 9.90. The molecule has 0 aromatic heterocycles. The van der Waals surface area contributed by atoms with Crippen LogP contribution in [0.3, 0.4) is 0 Å². The highest BCUT2D eigenvalue weighted by Crippen LogP contribution is 2.25. The van der Waals surface area contributed by atoms with E-state index in [1.165, 1.54) is 25.5 Å². The molecule has 0 aliphatic carbocycles. The molecule has 0 bridgehead atoms. The Labute approximate surface area is 123 Å². The number of nitrogens with two attached hydrogens (primary N) is 1. The van der Waals surface area contributed by atoms with Gasteiger partial charge in [-0.1, -0.05) is 51.7 Å². The summed E-state index contributed by atoms with van der Waals surface area (Å²) in [7, 11) is -3.13. The van der Waals surface area contributed by atoms with Crippen LogP contribution in [0.25, 0.3) is 0 Å². The Balaban J connectivity index is 2.69. The Kier molecular flexibility index (Phi) is 6.69. The summed E-state index contributed by atoms with van der Waals surface area (Å²) in [5.74, 6) is 0.652. The van der Waals surface area contributed by atoms with Crippen molar-refractivity contribution in [2.45, 2.75) is 56.9 Å². The minimum absolute atomic E-state index is 0.00887. The highest BCUT2D eigenvalue weighted by atomic mass is 32.2. The molecule has 1 rings (SSSR count). The van der Waals surface area contributed by atoms with Crippen LogP contribution in [0.15, 0.2) is 29.2 Å². The summed E-state index contributed by atoms with van der Waals surface area (Å²) in [4.78, 5) is 0.353. The van der Waals surface area contributed by atoms with E-state index in [9.17, 15) is 8.42 Å². The van der Waals surface area contributed by atoms with Gasteiger partial charge in [0.2, 0.25) is 0 Å². The van der Waals surface area contributed by atoms with Crippen LogP contribution >= 0.6 is 0 Å². The van der Waals surface area contributed by atoms with Gasteiger partial charge in [-0.05, 0) is 30.0 Å². The van der Waals surface area contributed by atoms with Crippen LogP contribution in [0.4, 0.5) is 0 Å². The molecule has 0 aliphatic rings. The van der Waals surface area contributed by atoms with Crippen molar-refractivity contribution in [1.29, 1.82) is 0 Å². The zero-order chi connectivity index (χ0) is 15.2. The maximum absolute atomic E-state index is 11.4. The molecule has 1 aromatic carbocycles. The van der Waals surface area contributed by atoms with Gasteiger partial charge in [0.15, 0.2) is 9.84 Å². The molecule has 0 aliphatic heterocycles. The Bertz CT molecular complexity index is 494. The summed E-state index contributed by atoms with van der Waals surface area (Å²) in [6.07, 6.45) is 7.03. The van der Waals surface area contributed by atoms with Crippen LogP contribution < -0.4 is 5.73 Å². The molecule has 0 spiro atoms. The summed E-state index contributed by atoms with van der Waals surface area (Å²) in [6.45, 7) is 4.41. The van der Waals surface area contributed by atoms with Crippen LogP contribution in [0.5, 0.6) is 0 Å². The number of hydrogen-bond donors (Lipinski definition) is 1. The second-order valence-electron chi connectivity index (χ2n) is 5.60. The van der Waals surface area contributed by atoms with Gasteiger partial charge in [-0.3, -0.25) is 0 Å². The minimum Gasteiger partial charge on any atom is -0.324 e. The van der Waals surface area contributed by atoms with Gasteiger partial charge in [-0.15, -0.1) is 0 Å². The molecule has 0 amide bonds. The predicted molar refractivity (Wildman–Crippen MR) is 84.4 cm³/mol. The van der Waals surface area contributed by atoms with Gasteiger partial charge in [-0.2, -0.15) is 0 Å². The molecule has 0 heterocycles. The molecule has 0 fully saturated rings. The molecule has 0 radical (unpaired) electrons. The van der Waals surface area contributed by atoms with E-state index in [1.54, 1.807) is 12.1 Å². The summed E-state index contributed by atoms with van der Waals surface area (Å²) < 4.78 is 22.9. The number of sulfone groups is 1. The third-order valence-corrected chi connectivity index (χ3v) is 5.00. The van der Waals surface area contributed by atoms with Gasteiger partial charge in [-0.25, -0.2) is 8.42 Å². The van der Waals surface area contributed by atoms with Crippen molar-refractivity contribution >= 4 is 9.84 Å². The average Bonchev–Trinajstić information content (AvgIpc) is 2.42. The molecular weight excluding hydrogens is 270 g/mol. The summed E-state index contributed by atoms with van der Waals surface area (Å²) in [5, 5.41) is 0. The minimum atomic E-state index is -3.13. The first-order chi connectivity index (χ1) is 9.38. The van der Waals surface area contributed by atoms with Crippen LogP contribution in [0, 0.1) is 5.92 Å². The lowest BCUT2D eigenvalue weighted by Crippen LogP contribution is -2.15. The molecule has 20 heavy (non-hydrogen) atoms. The Morgan fingerprint density at radius 3 is 2.20 bits per heavy atom. The summed E-state index contributed by atoms with van der Waals surface area (Å²) >= 11 is 0. The van der Waals surface area contributed by atoms with Crippen LogP contribution in [0.2, 0.25) is 0 Å². The number of benzene rings is 1. The van der Waals surface area contributed by atoms with Crippen molar-refractivity contribution in [3.8, 4) is 0 Å². The summed E-state index contributed by atoms with van der Waals surface area (Å²) in [5.41, 5.74) is 7.27. The molecule has 1 aromatic rings. The maximum atomic E-state index is 11.4. The van der Waals surface area contributed by atoms with E-state index in [1.807, 2.05) is 12.1 Å². The maximum Gasteiger partial charge on any atom is 0.175 e. The van der Waals surface area contributed by atoms with E-state index in [0.717, 1.165) is 18.4 Å². The second kappa shape index (κ2) is 7.79. The molecule has 114 valence electrons. The van der Waals surface area contributed by atoms with E-state index in [2.05, 4.69) is 13.8 Å². The zero-order valence-corrected chi connectivity index (χ0v) is 13.6. The molecule has 4 heteroatoms. The van der Waals surface area contributed by atoms with Gasteiger partial charge in [0.25, 0.3) is 0 Å². The lowest BCUT2D eigenvalue weighted by molar-refractivity contribution is 0.388. The predicted octanol–water partition coefficient (Wildman–Crippen LogP) is 3.70. The van der Waals surface area contributed by atoms with Crippen molar-refractivity contribution in [1.82, 2.24) is 0 Å². The van der Waals surface area contributed by atoms with Crippen molar-refractivity contribution in [2.24, 2.45) is 11.7 Å². The standard InChI is InChI=1S/C16H27NO2S/c1-4-6-7-13(5-2)12-16(17)14-8-10-15(11-9-14)20(3,18)19/h8-11,13,16H,4-7,12,17H2,1-3H3. The van der Waals surface area contributed by atoms with E-state index < -0.39 is 9.84 Å². The fraction of sp³-hybridized carbons (Fsp3) is 0.625. The first-order valence-electron chi connectivity index (χ1n) is 7.44.